The highest BCUT2D eigenvalue weighted by Gasteiger charge is 2.81. The fourth-order valence-electron chi connectivity index (χ4n) is 3.65. The summed E-state index contributed by atoms with van der Waals surface area (Å²) in [5.74, 6) is -3.64. The first kappa shape index (κ1) is 30.5. The minimum absolute atomic E-state index is 0.153. The number of hydrogen-bond donors (Lipinski definition) is 0. The molecule has 0 N–H and O–H groups in total. The Bertz CT molecular complexity index is 1030. The van der Waals surface area contributed by atoms with Crippen LogP contribution >= 0.6 is 23.5 Å². The van der Waals surface area contributed by atoms with Crippen LogP contribution in [0.3, 0.4) is 0 Å². The molecule has 3 nitrogen and oxygen atoms in total. The molecule has 0 aliphatic heterocycles. The average Bonchev–Trinajstić information content (AvgIpc) is 2.70. The number of anilines is 1. The van der Waals surface area contributed by atoms with E-state index in [1.54, 1.807) is 12.1 Å². The van der Waals surface area contributed by atoms with E-state index in [0.717, 1.165) is 33.7 Å². The third-order valence-corrected chi connectivity index (χ3v) is 7.60. The summed E-state index contributed by atoms with van der Waals surface area (Å²) in [6.07, 6.45) is -10.2. The molecule has 0 aromatic heterocycles. The largest absolute Gasteiger partial charge is 0.412 e. The molecule has 0 saturated carbocycles. The third-order valence-electron chi connectivity index (χ3n) is 5.23. The van der Waals surface area contributed by atoms with Gasteiger partial charge in [-0.2, -0.15) is 31.4 Å². The molecule has 1 amide bonds. The zero-order valence-corrected chi connectivity index (χ0v) is 23.1. The zero-order chi connectivity index (χ0) is 27.7. The fraction of sp³-hybridized carbons (Fsp3) is 0.435. The van der Waals surface area contributed by atoms with Gasteiger partial charge in [-0.05, 0) is 67.2 Å². The van der Waals surface area contributed by atoms with Gasteiger partial charge >= 0.3 is 12.4 Å². The summed E-state index contributed by atoms with van der Waals surface area (Å²) in [7, 11) is -2.49. The van der Waals surface area contributed by atoms with E-state index in [4.69, 9.17) is 4.53 Å². The lowest BCUT2D eigenvalue weighted by molar-refractivity contribution is -0.353. The lowest BCUT2D eigenvalue weighted by Gasteiger charge is -2.46. The van der Waals surface area contributed by atoms with Crippen LogP contribution in [0.25, 0.3) is 0 Å². The van der Waals surface area contributed by atoms with E-state index in [1.165, 1.54) is 30.9 Å². The first-order valence-electron chi connectivity index (χ1n) is 10.6. The van der Waals surface area contributed by atoms with Crippen LogP contribution in [-0.2, 0) is 9.32 Å². The van der Waals surface area contributed by atoms with Crippen molar-refractivity contribution in [3.05, 3.63) is 48.3 Å². The summed E-state index contributed by atoms with van der Waals surface area (Å²) < 4.78 is 105. The number of rotatable bonds is 7. The Labute approximate surface area is 215 Å². The summed E-state index contributed by atoms with van der Waals surface area (Å²) in [4.78, 5) is 15.3. The van der Waals surface area contributed by atoms with Gasteiger partial charge in [-0.25, -0.2) is 4.39 Å². The smallest absolute Gasteiger partial charge is 0.317 e. The van der Waals surface area contributed by atoms with Gasteiger partial charge in [0, 0.05) is 14.7 Å². The van der Waals surface area contributed by atoms with Crippen LogP contribution in [0.2, 0.25) is 13.1 Å². The molecule has 0 saturated heterocycles. The van der Waals surface area contributed by atoms with Crippen molar-refractivity contribution in [3.63, 3.8) is 0 Å². The van der Waals surface area contributed by atoms with Gasteiger partial charge in [0.1, 0.15) is 5.69 Å². The molecule has 0 spiro atoms. The standard InChI is InChI=1S/C23H26F7NO2S2Si/c1-20(2,3)21(22(25,26)27,23(28,29)30)19(32)31(33-36(5)6)18-12-11-16(13-17(18)24)35-15-9-7-14(34-4)8-10-15/h7-13,36H,1-6H3. The second kappa shape index (κ2) is 11.0. The number of nitrogens with zero attached hydrogens (tertiary/aromatic N) is 1. The van der Waals surface area contributed by atoms with Gasteiger partial charge in [0.2, 0.25) is 14.5 Å². The minimum atomic E-state index is -6.05. The number of alkyl halides is 6. The third kappa shape index (κ3) is 6.05. The fourth-order valence-corrected chi connectivity index (χ4v) is 5.53. The van der Waals surface area contributed by atoms with E-state index in [-0.39, 0.29) is 5.06 Å². The number of carbonyl (C=O) groups excluding carboxylic acids is 1. The number of benzene rings is 2. The van der Waals surface area contributed by atoms with E-state index in [2.05, 4.69) is 0 Å². The second-order valence-electron chi connectivity index (χ2n) is 9.14. The van der Waals surface area contributed by atoms with Gasteiger partial charge in [-0.15, -0.1) is 11.8 Å². The van der Waals surface area contributed by atoms with E-state index in [0.29, 0.717) is 25.7 Å². The molecule has 36 heavy (non-hydrogen) atoms. The Morgan fingerprint density at radius 3 is 1.72 bits per heavy atom. The molecule has 2 rings (SSSR count). The maximum absolute atomic E-state index is 15.2. The molecule has 2 aromatic carbocycles. The Morgan fingerprint density at radius 1 is 0.861 bits per heavy atom. The van der Waals surface area contributed by atoms with Crippen LogP contribution in [0.15, 0.2) is 57.2 Å². The molecular formula is C23H26F7NO2S2Si. The average molecular weight is 574 g/mol. The van der Waals surface area contributed by atoms with Gasteiger partial charge in [0.15, 0.2) is 5.82 Å². The van der Waals surface area contributed by atoms with Crippen molar-refractivity contribution in [2.75, 3.05) is 11.3 Å². The molecule has 0 heterocycles. The van der Waals surface area contributed by atoms with Crippen LogP contribution in [0.4, 0.5) is 36.4 Å². The Kier molecular flexibility index (Phi) is 9.29. The highest BCUT2D eigenvalue weighted by atomic mass is 32.2. The predicted octanol–water partition coefficient (Wildman–Crippen LogP) is 8.10. The predicted molar refractivity (Wildman–Crippen MR) is 130 cm³/mol. The number of hydroxylamine groups is 1. The molecule has 0 aliphatic rings. The molecule has 0 unspecified atom stereocenters. The van der Waals surface area contributed by atoms with E-state index < -0.39 is 49.6 Å². The Hall–Kier alpha value is -1.70. The molecule has 2 aromatic rings. The minimum Gasteiger partial charge on any atom is -0.317 e. The van der Waals surface area contributed by atoms with Gasteiger partial charge in [-0.1, -0.05) is 32.5 Å². The van der Waals surface area contributed by atoms with Crippen LogP contribution in [0.1, 0.15) is 20.8 Å². The first-order chi connectivity index (χ1) is 16.4. The maximum Gasteiger partial charge on any atom is 0.412 e. The number of hydrogen-bond acceptors (Lipinski definition) is 4. The topological polar surface area (TPSA) is 29.5 Å². The van der Waals surface area contributed by atoms with Crippen LogP contribution in [-0.4, -0.2) is 33.6 Å². The summed E-state index contributed by atoms with van der Waals surface area (Å²) in [5, 5.41) is -0.153. The van der Waals surface area contributed by atoms with Crippen LogP contribution in [0.5, 0.6) is 0 Å². The summed E-state index contributed by atoms with van der Waals surface area (Å²) in [6.45, 7) is 4.85. The number of thioether (sulfide) groups is 1. The van der Waals surface area contributed by atoms with Crippen molar-refractivity contribution in [3.8, 4) is 0 Å². The Balaban J connectivity index is 2.61. The van der Waals surface area contributed by atoms with Gasteiger partial charge in [0.25, 0.3) is 5.91 Å². The highest BCUT2D eigenvalue weighted by Crippen LogP contribution is 2.61. The molecule has 13 heteroatoms. The van der Waals surface area contributed by atoms with Crippen molar-refractivity contribution < 1.29 is 40.1 Å². The van der Waals surface area contributed by atoms with Gasteiger partial charge in [-0.3, -0.25) is 4.79 Å². The monoisotopic (exact) mass is 573 g/mol. The molecule has 200 valence electrons. The zero-order valence-electron chi connectivity index (χ0n) is 20.3. The molecule has 0 radical (unpaired) electrons. The second-order valence-corrected chi connectivity index (χ2v) is 13.5. The van der Waals surface area contributed by atoms with Crippen LogP contribution < -0.4 is 5.06 Å². The highest BCUT2D eigenvalue weighted by molar-refractivity contribution is 7.99. The number of amides is 1. The van der Waals surface area contributed by atoms with Crippen molar-refractivity contribution in [2.24, 2.45) is 10.8 Å². The molecule has 0 atom stereocenters. The van der Waals surface area contributed by atoms with E-state index in [9.17, 15) is 31.1 Å². The van der Waals surface area contributed by atoms with E-state index >= 15 is 4.39 Å². The number of halogens is 7. The normalized spacial score (nSPS) is 13.3. The lowest BCUT2D eigenvalue weighted by atomic mass is 9.64. The van der Waals surface area contributed by atoms with Crippen molar-refractivity contribution in [2.45, 2.75) is 60.9 Å². The molecular weight excluding hydrogens is 547 g/mol. The summed E-state index contributed by atoms with van der Waals surface area (Å²) in [6, 6.07) is 10.5. The van der Waals surface area contributed by atoms with Crippen molar-refractivity contribution in [1.82, 2.24) is 0 Å². The maximum atomic E-state index is 15.2. The van der Waals surface area contributed by atoms with Crippen molar-refractivity contribution >= 4 is 44.2 Å². The molecule has 0 fully saturated rings. The SMILES string of the molecule is CSc1ccc(Sc2ccc(N(O[SiH](C)C)C(=O)C(C(C)(C)C)(C(F)(F)F)C(F)(F)F)c(F)c2)cc1. The first-order valence-corrected chi connectivity index (χ1v) is 15.4. The summed E-state index contributed by atoms with van der Waals surface area (Å²) in [5.41, 5.74) is -8.35. The van der Waals surface area contributed by atoms with Crippen LogP contribution in [0, 0.1) is 16.6 Å². The number of carbonyl (C=O) groups is 1. The quantitative estimate of drug-likeness (QED) is 0.145. The van der Waals surface area contributed by atoms with Gasteiger partial charge in [0.05, 0.1) is 0 Å². The molecule has 0 aliphatic carbocycles. The van der Waals surface area contributed by atoms with E-state index in [1.807, 2.05) is 18.4 Å². The van der Waals surface area contributed by atoms with Gasteiger partial charge < -0.3 is 4.53 Å². The van der Waals surface area contributed by atoms with Crippen molar-refractivity contribution in [1.29, 1.82) is 0 Å². The Morgan fingerprint density at radius 2 is 1.33 bits per heavy atom. The summed E-state index contributed by atoms with van der Waals surface area (Å²) >= 11 is 2.67. The lowest BCUT2D eigenvalue weighted by Crippen LogP contribution is -2.66. The molecule has 0 bridgehead atoms.